The second-order valence-electron chi connectivity index (χ2n) is 9.65. The summed E-state index contributed by atoms with van der Waals surface area (Å²) in [6.45, 7) is 6.48. The van der Waals surface area contributed by atoms with Crippen molar-refractivity contribution in [2.24, 2.45) is 0 Å². The SMILES string of the molecule is CC(C)NC(=O)Cn1c(-c2cccc(Cl)c2)cc2cc(OC3CCN(C4CC4)CC3)ccc21. The van der Waals surface area contributed by atoms with E-state index in [2.05, 4.69) is 33.0 Å². The number of hydrogen-bond acceptors (Lipinski definition) is 3. The molecule has 0 spiro atoms. The van der Waals surface area contributed by atoms with Gasteiger partial charge >= 0.3 is 0 Å². The van der Waals surface area contributed by atoms with Gasteiger partial charge in [-0.1, -0.05) is 23.7 Å². The fraction of sp³-hybridized carbons (Fsp3) is 0.444. The average Bonchev–Trinajstić information content (AvgIpc) is 3.57. The lowest BCUT2D eigenvalue weighted by Gasteiger charge is -2.32. The van der Waals surface area contributed by atoms with Crippen molar-refractivity contribution < 1.29 is 9.53 Å². The van der Waals surface area contributed by atoms with E-state index < -0.39 is 0 Å². The van der Waals surface area contributed by atoms with Crippen LogP contribution < -0.4 is 10.1 Å². The second-order valence-corrected chi connectivity index (χ2v) is 10.1. The van der Waals surface area contributed by atoms with Gasteiger partial charge in [0.1, 0.15) is 18.4 Å². The maximum atomic E-state index is 12.6. The number of nitrogens with one attached hydrogen (secondary N) is 1. The molecule has 174 valence electrons. The molecule has 2 aromatic carbocycles. The fourth-order valence-corrected chi connectivity index (χ4v) is 5.07. The summed E-state index contributed by atoms with van der Waals surface area (Å²) in [4.78, 5) is 15.3. The number of halogens is 1. The van der Waals surface area contributed by atoms with Crippen molar-refractivity contribution in [3.63, 3.8) is 0 Å². The lowest BCUT2D eigenvalue weighted by Crippen LogP contribution is -2.39. The van der Waals surface area contributed by atoms with E-state index in [0.717, 1.165) is 59.9 Å². The molecule has 5 nitrogen and oxygen atoms in total. The third kappa shape index (κ3) is 5.20. The van der Waals surface area contributed by atoms with Crippen LogP contribution in [0.3, 0.4) is 0 Å². The Balaban J connectivity index is 1.41. The number of carbonyl (C=O) groups is 1. The molecule has 1 saturated carbocycles. The number of amides is 1. The molecule has 0 unspecified atom stereocenters. The first-order chi connectivity index (χ1) is 16.0. The standard InChI is InChI=1S/C27H32ClN3O2/c1-18(2)29-27(32)17-31-25-9-8-24(33-23-10-12-30(13-11-23)22-6-7-22)15-20(25)16-26(31)19-4-3-5-21(28)14-19/h3-5,8-9,14-16,18,22-23H,6-7,10-13,17H2,1-2H3,(H,29,32). The van der Waals surface area contributed by atoms with Crippen molar-refractivity contribution >= 4 is 28.4 Å². The summed E-state index contributed by atoms with van der Waals surface area (Å²) in [6, 6.07) is 17.1. The topological polar surface area (TPSA) is 46.5 Å². The van der Waals surface area contributed by atoms with E-state index in [-0.39, 0.29) is 24.6 Å². The van der Waals surface area contributed by atoms with Crippen LogP contribution in [0.25, 0.3) is 22.2 Å². The van der Waals surface area contributed by atoms with Gasteiger partial charge in [0.05, 0.1) is 0 Å². The van der Waals surface area contributed by atoms with Crippen LogP contribution in [0.4, 0.5) is 0 Å². The number of carbonyl (C=O) groups excluding carboxylic acids is 1. The number of ether oxygens (including phenoxy) is 1. The van der Waals surface area contributed by atoms with Gasteiger partial charge in [-0.05, 0) is 81.5 Å². The highest BCUT2D eigenvalue weighted by Gasteiger charge is 2.32. The molecule has 2 heterocycles. The number of nitrogens with zero attached hydrogens (tertiary/aromatic N) is 2. The molecule has 2 fully saturated rings. The van der Waals surface area contributed by atoms with Crippen LogP contribution in [0.5, 0.6) is 5.75 Å². The lowest BCUT2D eigenvalue weighted by atomic mass is 10.1. The molecule has 2 aliphatic rings. The highest BCUT2D eigenvalue weighted by molar-refractivity contribution is 6.30. The average molecular weight is 466 g/mol. The molecule has 6 heteroatoms. The van der Waals surface area contributed by atoms with E-state index in [1.165, 1.54) is 12.8 Å². The molecular formula is C27H32ClN3O2. The first kappa shape index (κ1) is 22.3. The Morgan fingerprint density at radius 1 is 1.09 bits per heavy atom. The number of likely N-dealkylation sites (tertiary alicyclic amines) is 1. The van der Waals surface area contributed by atoms with Crippen molar-refractivity contribution in [1.82, 2.24) is 14.8 Å². The van der Waals surface area contributed by atoms with Gasteiger partial charge in [-0.3, -0.25) is 4.79 Å². The van der Waals surface area contributed by atoms with Gasteiger partial charge in [0, 0.05) is 46.8 Å². The summed E-state index contributed by atoms with van der Waals surface area (Å²) in [6.07, 6.45) is 5.16. The highest BCUT2D eigenvalue weighted by Crippen LogP contribution is 2.34. The Morgan fingerprint density at radius 3 is 2.58 bits per heavy atom. The minimum Gasteiger partial charge on any atom is -0.490 e. The second kappa shape index (κ2) is 9.40. The van der Waals surface area contributed by atoms with Crippen molar-refractivity contribution in [1.29, 1.82) is 0 Å². The Kier molecular flexibility index (Phi) is 6.35. The van der Waals surface area contributed by atoms with Crippen molar-refractivity contribution in [2.45, 2.75) is 64.3 Å². The Hall–Kier alpha value is -2.50. The molecule has 3 aromatic rings. The van der Waals surface area contributed by atoms with E-state index in [1.54, 1.807) is 0 Å². The predicted octanol–water partition coefficient (Wildman–Crippen LogP) is 5.49. The number of aromatic nitrogens is 1. The van der Waals surface area contributed by atoms with Gasteiger partial charge in [0.2, 0.25) is 5.91 Å². The summed E-state index contributed by atoms with van der Waals surface area (Å²) < 4.78 is 8.45. The Labute approximate surface area is 200 Å². The third-order valence-electron chi connectivity index (χ3n) is 6.59. The molecule has 0 bridgehead atoms. The van der Waals surface area contributed by atoms with Crippen LogP contribution in [0, 0.1) is 0 Å². The van der Waals surface area contributed by atoms with Crippen molar-refractivity contribution in [2.75, 3.05) is 13.1 Å². The quantitative estimate of drug-likeness (QED) is 0.501. The first-order valence-corrected chi connectivity index (χ1v) is 12.4. The summed E-state index contributed by atoms with van der Waals surface area (Å²) in [5, 5.41) is 4.75. The zero-order valence-electron chi connectivity index (χ0n) is 19.4. The Morgan fingerprint density at radius 2 is 1.88 bits per heavy atom. The van der Waals surface area contributed by atoms with Gasteiger partial charge in [-0.2, -0.15) is 0 Å². The minimum absolute atomic E-state index is 0.00599. The largest absolute Gasteiger partial charge is 0.490 e. The number of rotatable bonds is 7. The van der Waals surface area contributed by atoms with Crippen LogP contribution in [0.1, 0.15) is 39.5 Å². The van der Waals surface area contributed by atoms with Crippen molar-refractivity contribution in [3.8, 4) is 17.0 Å². The van der Waals surface area contributed by atoms with Crippen molar-refractivity contribution in [3.05, 3.63) is 53.6 Å². The molecule has 1 N–H and O–H groups in total. The van der Waals surface area contributed by atoms with Crippen LogP contribution in [0.2, 0.25) is 5.02 Å². The molecule has 1 aliphatic heterocycles. The van der Waals surface area contributed by atoms with Gasteiger partial charge in [-0.15, -0.1) is 0 Å². The molecule has 0 radical (unpaired) electrons. The molecule has 1 aromatic heterocycles. The zero-order chi connectivity index (χ0) is 22.9. The lowest BCUT2D eigenvalue weighted by molar-refractivity contribution is -0.122. The van der Waals surface area contributed by atoms with Crippen LogP contribution in [0.15, 0.2) is 48.5 Å². The maximum absolute atomic E-state index is 12.6. The fourth-order valence-electron chi connectivity index (χ4n) is 4.88. The highest BCUT2D eigenvalue weighted by atomic mass is 35.5. The summed E-state index contributed by atoms with van der Waals surface area (Å²) >= 11 is 6.28. The third-order valence-corrected chi connectivity index (χ3v) is 6.82. The minimum atomic E-state index is -0.00599. The van der Waals surface area contributed by atoms with E-state index in [0.29, 0.717) is 5.02 Å². The van der Waals surface area contributed by atoms with E-state index in [4.69, 9.17) is 16.3 Å². The molecule has 1 amide bonds. The Bertz CT molecular complexity index is 1140. The number of benzene rings is 2. The zero-order valence-corrected chi connectivity index (χ0v) is 20.1. The molecular weight excluding hydrogens is 434 g/mol. The summed E-state index contributed by atoms with van der Waals surface area (Å²) in [7, 11) is 0. The van der Waals surface area contributed by atoms with Gasteiger partial charge in [0.25, 0.3) is 0 Å². The van der Waals surface area contributed by atoms with Gasteiger partial charge in [0.15, 0.2) is 0 Å². The van der Waals surface area contributed by atoms with Crippen LogP contribution in [-0.2, 0) is 11.3 Å². The molecule has 1 saturated heterocycles. The van der Waals surface area contributed by atoms with E-state index in [9.17, 15) is 4.79 Å². The van der Waals surface area contributed by atoms with Gasteiger partial charge < -0.3 is 19.5 Å². The van der Waals surface area contributed by atoms with Crippen LogP contribution >= 0.6 is 11.6 Å². The first-order valence-electron chi connectivity index (χ1n) is 12.1. The predicted molar refractivity (Wildman–Crippen MR) is 134 cm³/mol. The number of fused-ring (bicyclic) bond motifs is 1. The maximum Gasteiger partial charge on any atom is 0.240 e. The van der Waals surface area contributed by atoms with Gasteiger partial charge in [-0.25, -0.2) is 0 Å². The molecule has 33 heavy (non-hydrogen) atoms. The smallest absolute Gasteiger partial charge is 0.240 e. The number of hydrogen-bond donors (Lipinski definition) is 1. The monoisotopic (exact) mass is 465 g/mol. The van der Waals surface area contributed by atoms with E-state index in [1.807, 2.05) is 44.2 Å². The van der Waals surface area contributed by atoms with E-state index >= 15 is 0 Å². The summed E-state index contributed by atoms with van der Waals surface area (Å²) in [5.74, 6) is 0.891. The summed E-state index contributed by atoms with van der Waals surface area (Å²) in [5.41, 5.74) is 2.98. The normalized spacial score (nSPS) is 17.6. The number of piperidine rings is 1. The van der Waals surface area contributed by atoms with Crippen LogP contribution in [-0.4, -0.2) is 46.7 Å². The molecule has 0 atom stereocenters. The molecule has 1 aliphatic carbocycles. The molecule has 5 rings (SSSR count).